The first-order valence-corrected chi connectivity index (χ1v) is 4.53. The Hall–Kier alpha value is 0.130. The highest BCUT2D eigenvalue weighted by molar-refractivity contribution is 6.40. The second kappa shape index (κ2) is 3.12. The Morgan fingerprint density at radius 3 is 1.25 bits per heavy atom. The molecule has 0 rings (SSSR count). The SMILES string of the molecule is [B]C([B])(CC(C)(C)C)C(C)(C)C. The van der Waals surface area contributed by atoms with Crippen LogP contribution in [0.15, 0.2) is 0 Å². The first-order chi connectivity index (χ1) is 4.96. The molecule has 0 unspecified atom stereocenters. The van der Waals surface area contributed by atoms with Crippen molar-refractivity contribution < 1.29 is 0 Å². The van der Waals surface area contributed by atoms with E-state index >= 15 is 0 Å². The molecule has 0 nitrogen and oxygen atoms in total. The topological polar surface area (TPSA) is 0 Å². The summed E-state index contributed by atoms with van der Waals surface area (Å²) in [4.78, 5) is 0. The van der Waals surface area contributed by atoms with Crippen molar-refractivity contribution in [2.75, 3.05) is 0 Å². The van der Waals surface area contributed by atoms with Gasteiger partial charge < -0.3 is 0 Å². The predicted octanol–water partition coefficient (Wildman–Crippen LogP) is 2.92. The van der Waals surface area contributed by atoms with Crippen LogP contribution in [-0.2, 0) is 0 Å². The van der Waals surface area contributed by atoms with E-state index in [1.807, 2.05) is 0 Å². The van der Waals surface area contributed by atoms with Gasteiger partial charge in [0.25, 0.3) is 0 Å². The zero-order chi connectivity index (χ0) is 10.2. The normalized spacial score (nSPS) is 14.8. The molecule has 2 heteroatoms. The van der Waals surface area contributed by atoms with Crippen molar-refractivity contribution in [3.8, 4) is 0 Å². The average molecular weight is 162 g/mol. The van der Waals surface area contributed by atoms with E-state index in [2.05, 4.69) is 41.5 Å². The lowest BCUT2D eigenvalue weighted by atomic mass is 9.40. The van der Waals surface area contributed by atoms with Crippen LogP contribution in [0.1, 0.15) is 48.0 Å². The first kappa shape index (κ1) is 12.1. The lowest BCUT2D eigenvalue weighted by molar-refractivity contribution is 0.248. The molecule has 0 aliphatic carbocycles. The summed E-state index contributed by atoms with van der Waals surface area (Å²) in [5.41, 5.74) is 0.150. The molecule has 0 aromatic heterocycles. The number of hydrogen-bond acceptors (Lipinski definition) is 0. The third-order valence-corrected chi connectivity index (χ3v) is 2.22. The zero-order valence-corrected chi connectivity index (χ0v) is 9.36. The summed E-state index contributed by atoms with van der Waals surface area (Å²) in [5.74, 6) is 0. The fourth-order valence-corrected chi connectivity index (χ4v) is 1.14. The smallest absolute Gasteiger partial charge is 0.0627 e. The Labute approximate surface area is 80.3 Å². The summed E-state index contributed by atoms with van der Waals surface area (Å²) in [5, 5.41) is -0.578. The molecular weight excluding hydrogens is 142 g/mol. The van der Waals surface area contributed by atoms with Crippen molar-refractivity contribution in [2.45, 2.75) is 53.2 Å². The summed E-state index contributed by atoms with van der Waals surface area (Å²) < 4.78 is 0. The van der Waals surface area contributed by atoms with Crippen molar-refractivity contribution in [3.05, 3.63) is 0 Å². The Balaban J connectivity index is 4.44. The van der Waals surface area contributed by atoms with E-state index in [0.717, 1.165) is 6.42 Å². The van der Waals surface area contributed by atoms with Gasteiger partial charge in [-0.15, -0.1) is 0 Å². The molecule has 0 bridgehead atoms. The van der Waals surface area contributed by atoms with Gasteiger partial charge in [-0.1, -0.05) is 53.2 Å². The van der Waals surface area contributed by atoms with Crippen molar-refractivity contribution in [2.24, 2.45) is 10.8 Å². The monoisotopic (exact) mass is 162 g/mol. The second-order valence-corrected chi connectivity index (χ2v) is 6.03. The lowest BCUT2D eigenvalue weighted by Gasteiger charge is -2.44. The van der Waals surface area contributed by atoms with Gasteiger partial charge >= 0.3 is 0 Å². The van der Waals surface area contributed by atoms with Gasteiger partial charge in [-0.2, -0.15) is 0 Å². The van der Waals surface area contributed by atoms with E-state index in [-0.39, 0.29) is 10.8 Å². The van der Waals surface area contributed by atoms with Gasteiger partial charge in [-0.05, 0) is 10.8 Å². The molecule has 0 atom stereocenters. The van der Waals surface area contributed by atoms with Crippen molar-refractivity contribution in [1.82, 2.24) is 0 Å². The molecule has 0 aromatic carbocycles. The Morgan fingerprint density at radius 1 is 0.833 bits per heavy atom. The van der Waals surface area contributed by atoms with E-state index in [9.17, 15) is 0 Å². The van der Waals surface area contributed by atoms with Gasteiger partial charge in [0.1, 0.15) is 0 Å². The Morgan fingerprint density at radius 2 is 1.17 bits per heavy atom. The van der Waals surface area contributed by atoms with Gasteiger partial charge in [-0.3, -0.25) is 0 Å². The molecule has 4 radical (unpaired) electrons. The molecule has 0 aliphatic heterocycles. The number of hydrogen-bond donors (Lipinski definition) is 0. The predicted molar refractivity (Wildman–Crippen MR) is 57.7 cm³/mol. The molecule has 0 aliphatic rings. The maximum absolute atomic E-state index is 6.06. The zero-order valence-electron chi connectivity index (χ0n) is 9.36. The minimum atomic E-state index is -0.578. The second-order valence-electron chi connectivity index (χ2n) is 6.03. The van der Waals surface area contributed by atoms with Crippen LogP contribution in [0.2, 0.25) is 5.21 Å². The maximum Gasteiger partial charge on any atom is 0.0627 e. The third-order valence-electron chi connectivity index (χ3n) is 2.22. The Bertz CT molecular complexity index is 146. The van der Waals surface area contributed by atoms with E-state index in [4.69, 9.17) is 15.7 Å². The van der Waals surface area contributed by atoms with Crippen LogP contribution >= 0.6 is 0 Å². The molecule has 0 aromatic rings. The standard InChI is InChI=1S/C10H20B2/c1-8(2,3)7-10(11,12)9(4,5)6/h7H2,1-6H3. The third kappa shape index (κ3) is 3.69. The summed E-state index contributed by atoms with van der Waals surface area (Å²) >= 11 is 0. The van der Waals surface area contributed by atoms with Gasteiger partial charge in [0, 0.05) is 0 Å². The molecule has 12 heavy (non-hydrogen) atoms. The summed E-state index contributed by atoms with van der Waals surface area (Å²) in [6, 6.07) is 0. The Kier molecular flexibility index (Phi) is 3.15. The van der Waals surface area contributed by atoms with E-state index in [1.165, 1.54) is 0 Å². The largest absolute Gasteiger partial charge is 0.0938 e. The molecule has 0 fully saturated rings. The van der Waals surface area contributed by atoms with Crippen LogP contribution < -0.4 is 0 Å². The van der Waals surface area contributed by atoms with Crippen LogP contribution in [0, 0.1) is 10.8 Å². The molecule has 0 amide bonds. The molecule has 0 heterocycles. The lowest BCUT2D eigenvalue weighted by Crippen LogP contribution is -2.33. The average Bonchev–Trinajstić information content (AvgIpc) is 1.52. The van der Waals surface area contributed by atoms with Gasteiger partial charge in [0.2, 0.25) is 0 Å². The maximum atomic E-state index is 6.06. The minimum Gasteiger partial charge on any atom is -0.0938 e. The summed E-state index contributed by atoms with van der Waals surface area (Å²) in [6.07, 6.45) is 0.837. The van der Waals surface area contributed by atoms with Crippen LogP contribution in [-0.4, -0.2) is 15.7 Å². The molecule has 66 valence electrons. The molecule has 0 saturated heterocycles. The molecule has 0 saturated carbocycles. The van der Waals surface area contributed by atoms with Crippen molar-refractivity contribution >= 4 is 15.7 Å². The van der Waals surface area contributed by atoms with E-state index in [1.54, 1.807) is 0 Å². The fraction of sp³-hybridized carbons (Fsp3) is 1.00. The summed E-state index contributed by atoms with van der Waals surface area (Å²) in [6.45, 7) is 12.7. The van der Waals surface area contributed by atoms with Crippen molar-refractivity contribution in [1.29, 1.82) is 0 Å². The van der Waals surface area contributed by atoms with Crippen LogP contribution in [0.5, 0.6) is 0 Å². The van der Waals surface area contributed by atoms with Gasteiger partial charge in [-0.25, -0.2) is 0 Å². The van der Waals surface area contributed by atoms with Crippen LogP contribution in [0.3, 0.4) is 0 Å². The highest BCUT2D eigenvalue weighted by Crippen LogP contribution is 2.47. The first-order valence-electron chi connectivity index (χ1n) is 4.53. The molecular formula is C10H20B2. The molecule has 0 spiro atoms. The minimum absolute atomic E-state index is 0.0414. The van der Waals surface area contributed by atoms with Crippen LogP contribution in [0.4, 0.5) is 0 Å². The van der Waals surface area contributed by atoms with Crippen molar-refractivity contribution in [3.63, 3.8) is 0 Å². The van der Waals surface area contributed by atoms with Gasteiger partial charge in [0.15, 0.2) is 0 Å². The quantitative estimate of drug-likeness (QED) is 0.519. The van der Waals surface area contributed by atoms with Gasteiger partial charge in [0.05, 0.1) is 15.7 Å². The van der Waals surface area contributed by atoms with E-state index in [0.29, 0.717) is 0 Å². The fourth-order valence-electron chi connectivity index (χ4n) is 1.14. The molecule has 0 N–H and O–H groups in total. The highest BCUT2D eigenvalue weighted by Gasteiger charge is 2.34. The van der Waals surface area contributed by atoms with Crippen LogP contribution in [0.25, 0.3) is 0 Å². The van der Waals surface area contributed by atoms with E-state index < -0.39 is 5.21 Å². The highest BCUT2D eigenvalue weighted by atomic mass is 14.3. The number of rotatable bonds is 1. The summed E-state index contributed by atoms with van der Waals surface area (Å²) in [7, 11) is 12.1.